The van der Waals surface area contributed by atoms with Crippen LogP contribution in [0.4, 0.5) is 0 Å². The van der Waals surface area contributed by atoms with Crippen LogP contribution in [-0.4, -0.2) is 82.6 Å². The van der Waals surface area contributed by atoms with E-state index in [0.29, 0.717) is 35.8 Å². The molecule has 0 radical (unpaired) electrons. The van der Waals surface area contributed by atoms with Gasteiger partial charge in [-0.05, 0) is 95.2 Å². The molecule has 1 atom stereocenters. The Morgan fingerprint density at radius 1 is 1.05 bits per heavy atom. The summed E-state index contributed by atoms with van der Waals surface area (Å²) in [6, 6.07) is 10.4. The number of methoxy groups -OCH3 is 2. The number of ether oxygens (including phenoxy) is 3. The van der Waals surface area contributed by atoms with Gasteiger partial charge in [-0.15, -0.1) is 11.8 Å². The fraction of sp³-hybridized carbons (Fsp3) is 0.567. The first-order valence-corrected chi connectivity index (χ1v) is 14.4. The van der Waals surface area contributed by atoms with Gasteiger partial charge in [0, 0.05) is 36.5 Å². The second-order valence-corrected chi connectivity index (χ2v) is 11.4. The first-order valence-electron chi connectivity index (χ1n) is 13.5. The number of hydrogen-bond acceptors (Lipinski definition) is 7. The topological polar surface area (TPSA) is 63.3 Å². The lowest BCUT2D eigenvalue weighted by Gasteiger charge is -2.44. The van der Waals surface area contributed by atoms with Crippen LogP contribution in [0.1, 0.15) is 42.5 Å². The van der Waals surface area contributed by atoms with Gasteiger partial charge in [0.2, 0.25) is 5.91 Å². The summed E-state index contributed by atoms with van der Waals surface area (Å²) >= 11 is 1.50. The van der Waals surface area contributed by atoms with Crippen LogP contribution in [0.5, 0.6) is 17.2 Å². The minimum atomic E-state index is 0.0556. The third kappa shape index (κ3) is 8.29. The van der Waals surface area contributed by atoms with Gasteiger partial charge in [-0.2, -0.15) is 0 Å². The Balaban J connectivity index is 1.39. The number of unbranched alkanes of at least 4 members (excludes halogenated alkanes) is 1. The first-order chi connectivity index (χ1) is 18.2. The van der Waals surface area contributed by atoms with Crippen LogP contribution in [-0.2, 0) is 4.79 Å². The molecule has 0 bridgehead atoms. The van der Waals surface area contributed by atoms with E-state index in [0.717, 1.165) is 49.7 Å². The highest BCUT2D eigenvalue weighted by molar-refractivity contribution is 8.00. The van der Waals surface area contributed by atoms with Gasteiger partial charge >= 0.3 is 0 Å². The first kappa shape index (κ1) is 30.1. The molecular formula is C30H45N3O4S. The number of benzene rings is 2. The largest absolute Gasteiger partial charge is 0.493 e. The highest BCUT2D eigenvalue weighted by Crippen LogP contribution is 2.34. The molecule has 0 aliphatic carbocycles. The van der Waals surface area contributed by atoms with Crippen molar-refractivity contribution in [2.75, 3.05) is 66.9 Å². The van der Waals surface area contributed by atoms with Crippen molar-refractivity contribution in [2.45, 2.75) is 44.6 Å². The number of carbonyl (C=O) groups is 1. The average molecular weight is 544 g/mol. The van der Waals surface area contributed by atoms with Gasteiger partial charge in [0.1, 0.15) is 5.75 Å². The molecule has 0 spiro atoms. The number of rotatable bonds is 15. The molecule has 38 heavy (non-hydrogen) atoms. The molecule has 3 rings (SSSR count). The Morgan fingerprint density at radius 2 is 1.76 bits per heavy atom. The van der Waals surface area contributed by atoms with Gasteiger partial charge in [0.05, 0.1) is 26.6 Å². The summed E-state index contributed by atoms with van der Waals surface area (Å²) < 4.78 is 16.7. The summed E-state index contributed by atoms with van der Waals surface area (Å²) in [5.74, 6) is 3.28. The molecule has 8 heteroatoms. The van der Waals surface area contributed by atoms with Crippen molar-refractivity contribution in [3.05, 3.63) is 47.0 Å². The van der Waals surface area contributed by atoms with E-state index >= 15 is 0 Å². The fourth-order valence-electron chi connectivity index (χ4n) is 4.75. The standard InChI is InChI=1S/C30H45N3O4S/c1-21-22(2)27(37-15-9-8-14-32(4)5)13-11-26(21)23(3)33-18-24(19-33)17-31-30(34)20-38-25-10-12-28(35-6)29(16-25)36-7/h10-13,16,23-24H,8-9,14-15,17-20H2,1-7H3,(H,31,34). The normalized spacial score (nSPS) is 14.7. The van der Waals surface area contributed by atoms with Gasteiger partial charge in [-0.25, -0.2) is 0 Å². The molecule has 1 unspecified atom stereocenters. The molecular weight excluding hydrogens is 498 g/mol. The highest BCUT2D eigenvalue weighted by atomic mass is 32.2. The molecule has 0 aromatic heterocycles. The second kappa shape index (κ2) is 14.7. The lowest BCUT2D eigenvalue weighted by molar-refractivity contribution is -0.119. The lowest BCUT2D eigenvalue weighted by Crippen LogP contribution is -2.52. The van der Waals surface area contributed by atoms with Crippen LogP contribution in [0.2, 0.25) is 0 Å². The maximum Gasteiger partial charge on any atom is 0.230 e. The van der Waals surface area contributed by atoms with Crippen LogP contribution >= 0.6 is 11.8 Å². The highest BCUT2D eigenvalue weighted by Gasteiger charge is 2.32. The minimum absolute atomic E-state index is 0.0556. The maximum absolute atomic E-state index is 12.4. The summed E-state index contributed by atoms with van der Waals surface area (Å²) in [6.45, 7) is 11.2. The van der Waals surface area contributed by atoms with Crippen LogP contribution in [0.25, 0.3) is 0 Å². The Morgan fingerprint density at radius 3 is 2.45 bits per heavy atom. The molecule has 1 heterocycles. The van der Waals surface area contributed by atoms with Crippen LogP contribution in [0.3, 0.4) is 0 Å². The Bertz CT molecular complexity index is 1060. The molecule has 210 valence electrons. The Kier molecular flexibility index (Phi) is 11.6. The molecule has 1 amide bonds. The zero-order valence-electron chi connectivity index (χ0n) is 24.1. The van der Waals surface area contributed by atoms with Crippen molar-refractivity contribution in [3.63, 3.8) is 0 Å². The number of nitrogens with zero attached hydrogens (tertiary/aromatic N) is 2. The Labute approximate surface area is 233 Å². The van der Waals surface area contributed by atoms with Crippen LogP contribution < -0.4 is 19.5 Å². The molecule has 7 nitrogen and oxygen atoms in total. The molecule has 2 aromatic rings. The van der Waals surface area contributed by atoms with Crippen molar-refractivity contribution in [1.29, 1.82) is 0 Å². The van der Waals surface area contributed by atoms with E-state index < -0.39 is 0 Å². The lowest BCUT2D eigenvalue weighted by atomic mass is 9.91. The van der Waals surface area contributed by atoms with Gasteiger partial charge in [-0.3, -0.25) is 9.69 Å². The summed E-state index contributed by atoms with van der Waals surface area (Å²) in [4.78, 5) is 18.1. The number of nitrogens with one attached hydrogen (secondary N) is 1. The number of carbonyl (C=O) groups excluding carboxylic acids is 1. The quantitative estimate of drug-likeness (QED) is 0.252. The predicted octanol–water partition coefficient (Wildman–Crippen LogP) is 4.94. The maximum atomic E-state index is 12.4. The van der Waals surface area contributed by atoms with Crippen LogP contribution in [0.15, 0.2) is 35.2 Å². The van der Waals surface area contributed by atoms with E-state index in [-0.39, 0.29) is 5.91 Å². The van der Waals surface area contributed by atoms with Crippen molar-refractivity contribution in [2.24, 2.45) is 5.92 Å². The summed E-state index contributed by atoms with van der Waals surface area (Å²) in [5.41, 5.74) is 3.90. The van der Waals surface area contributed by atoms with E-state index in [1.165, 1.54) is 28.5 Å². The van der Waals surface area contributed by atoms with Crippen molar-refractivity contribution >= 4 is 17.7 Å². The van der Waals surface area contributed by atoms with E-state index in [4.69, 9.17) is 14.2 Å². The van der Waals surface area contributed by atoms with E-state index in [2.05, 4.69) is 62.1 Å². The molecule has 1 aliphatic heterocycles. The van der Waals surface area contributed by atoms with Crippen LogP contribution in [0, 0.1) is 19.8 Å². The summed E-state index contributed by atoms with van der Waals surface area (Å²) in [7, 11) is 7.44. The SMILES string of the molecule is COc1ccc(SCC(=O)NCC2CN(C(C)c3ccc(OCCCCN(C)C)c(C)c3C)C2)cc1OC. The zero-order valence-corrected chi connectivity index (χ0v) is 25.0. The number of thioether (sulfide) groups is 1. The van der Waals surface area contributed by atoms with Crippen molar-refractivity contribution in [1.82, 2.24) is 15.1 Å². The fourth-order valence-corrected chi connectivity index (χ4v) is 5.51. The number of hydrogen-bond donors (Lipinski definition) is 1. The van der Waals surface area contributed by atoms with Gasteiger partial charge in [0.15, 0.2) is 11.5 Å². The molecule has 0 saturated carbocycles. The third-order valence-electron chi connectivity index (χ3n) is 7.33. The van der Waals surface area contributed by atoms with Crippen molar-refractivity contribution in [3.8, 4) is 17.2 Å². The van der Waals surface area contributed by atoms with Gasteiger partial charge in [0.25, 0.3) is 0 Å². The average Bonchev–Trinajstić information content (AvgIpc) is 2.88. The number of amides is 1. The molecule has 1 aliphatic rings. The summed E-state index contributed by atoms with van der Waals surface area (Å²) in [5, 5.41) is 3.11. The van der Waals surface area contributed by atoms with Crippen molar-refractivity contribution < 1.29 is 19.0 Å². The summed E-state index contributed by atoms with van der Waals surface area (Å²) in [6.07, 6.45) is 2.21. The second-order valence-electron chi connectivity index (χ2n) is 10.4. The van der Waals surface area contributed by atoms with E-state index in [1.54, 1.807) is 14.2 Å². The molecule has 1 N–H and O–H groups in total. The minimum Gasteiger partial charge on any atom is -0.493 e. The molecule has 1 fully saturated rings. The molecule has 1 saturated heterocycles. The predicted molar refractivity (Wildman–Crippen MR) is 156 cm³/mol. The monoisotopic (exact) mass is 543 g/mol. The van der Waals surface area contributed by atoms with Gasteiger partial charge < -0.3 is 24.4 Å². The third-order valence-corrected chi connectivity index (χ3v) is 8.33. The Hall–Kier alpha value is -2.42. The zero-order chi connectivity index (χ0) is 27.7. The van der Waals surface area contributed by atoms with E-state index in [9.17, 15) is 4.79 Å². The molecule has 2 aromatic carbocycles. The van der Waals surface area contributed by atoms with Gasteiger partial charge in [-0.1, -0.05) is 6.07 Å². The smallest absolute Gasteiger partial charge is 0.230 e. The number of likely N-dealkylation sites (tertiary alicyclic amines) is 1. The van der Waals surface area contributed by atoms with E-state index in [1.807, 2.05) is 18.2 Å².